The number of halogens is 2. The standard InChI is InChI=1S/C17H17FN2O2.ClH/c18-14-3-1-2-13(12-14)17(21)19-15-4-6-16(7-5-15)20-8-10-22-11-9-20;/h1-7,12H,8-11H2,(H,19,21);1H. The summed E-state index contributed by atoms with van der Waals surface area (Å²) in [7, 11) is 0. The van der Waals surface area contributed by atoms with E-state index in [2.05, 4.69) is 10.2 Å². The molecule has 1 saturated heterocycles. The van der Waals surface area contributed by atoms with Crippen LogP contribution in [0.5, 0.6) is 0 Å². The third-order valence-electron chi connectivity index (χ3n) is 3.59. The molecular weight excluding hydrogens is 319 g/mol. The SMILES string of the molecule is Cl.O=C(Nc1ccc(N2CCOCC2)cc1)c1cccc(F)c1. The Kier molecular flexibility index (Phi) is 5.96. The molecule has 0 bridgehead atoms. The van der Waals surface area contributed by atoms with Crippen LogP contribution in [-0.2, 0) is 4.74 Å². The van der Waals surface area contributed by atoms with Crippen LogP contribution in [0.25, 0.3) is 0 Å². The zero-order valence-electron chi connectivity index (χ0n) is 12.5. The summed E-state index contributed by atoms with van der Waals surface area (Å²) < 4.78 is 18.5. The molecule has 0 saturated carbocycles. The van der Waals surface area contributed by atoms with E-state index in [0.717, 1.165) is 32.0 Å². The zero-order valence-corrected chi connectivity index (χ0v) is 13.3. The van der Waals surface area contributed by atoms with Crippen molar-refractivity contribution in [2.75, 3.05) is 36.5 Å². The Morgan fingerprint density at radius 3 is 2.43 bits per heavy atom. The van der Waals surface area contributed by atoms with Gasteiger partial charge >= 0.3 is 0 Å². The molecule has 0 atom stereocenters. The number of anilines is 2. The van der Waals surface area contributed by atoms with Crippen molar-refractivity contribution in [3.05, 3.63) is 59.9 Å². The maximum Gasteiger partial charge on any atom is 0.255 e. The van der Waals surface area contributed by atoms with Gasteiger partial charge in [-0.2, -0.15) is 0 Å². The van der Waals surface area contributed by atoms with Gasteiger partial charge in [0.05, 0.1) is 13.2 Å². The molecule has 0 spiro atoms. The first-order valence-corrected chi connectivity index (χ1v) is 7.22. The molecule has 1 aliphatic rings. The molecule has 0 unspecified atom stereocenters. The highest BCUT2D eigenvalue weighted by Crippen LogP contribution is 2.19. The average Bonchev–Trinajstić information content (AvgIpc) is 2.56. The highest BCUT2D eigenvalue weighted by atomic mass is 35.5. The maximum atomic E-state index is 13.1. The van der Waals surface area contributed by atoms with Crippen molar-refractivity contribution in [2.24, 2.45) is 0 Å². The molecular formula is C17H18ClFN2O2. The molecule has 2 aromatic carbocycles. The summed E-state index contributed by atoms with van der Waals surface area (Å²) in [6, 6.07) is 13.3. The number of morpholine rings is 1. The van der Waals surface area contributed by atoms with Gasteiger partial charge in [0.15, 0.2) is 0 Å². The molecule has 1 aliphatic heterocycles. The Morgan fingerprint density at radius 2 is 1.78 bits per heavy atom. The van der Waals surface area contributed by atoms with Crippen LogP contribution in [0.3, 0.4) is 0 Å². The number of hydrogen-bond acceptors (Lipinski definition) is 3. The molecule has 0 aromatic heterocycles. The van der Waals surface area contributed by atoms with Crippen LogP contribution in [0.4, 0.5) is 15.8 Å². The van der Waals surface area contributed by atoms with Crippen molar-refractivity contribution < 1.29 is 13.9 Å². The lowest BCUT2D eigenvalue weighted by Crippen LogP contribution is -2.36. The highest BCUT2D eigenvalue weighted by molar-refractivity contribution is 6.04. The topological polar surface area (TPSA) is 41.6 Å². The minimum absolute atomic E-state index is 0. The number of amides is 1. The zero-order chi connectivity index (χ0) is 15.4. The van der Waals surface area contributed by atoms with Crippen LogP contribution in [0.2, 0.25) is 0 Å². The quantitative estimate of drug-likeness (QED) is 0.934. The highest BCUT2D eigenvalue weighted by Gasteiger charge is 2.11. The van der Waals surface area contributed by atoms with E-state index in [1.165, 1.54) is 18.2 Å². The van der Waals surface area contributed by atoms with Crippen molar-refractivity contribution in [1.29, 1.82) is 0 Å². The second-order valence-electron chi connectivity index (χ2n) is 5.11. The second-order valence-corrected chi connectivity index (χ2v) is 5.11. The van der Waals surface area contributed by atoms with Gasteiger partial charge < -0.3 is 15.0 Å². The van der Waals surface area contributed by atoms with Gasteiger partial charge in [0.25, 0.3) is 5.91 Å². The summed E-state index contributed by atoms with van der Waals surface area (Å²) in [4.78, 5) is 14.3. The van der Waals surface area contributed by atoms with Crippen molar-refractivity contribution in [3.63, 3.8) is 0 Å². The van der Waals surface area contributed by atoms with Crippen LogP contribution in [0, 0.1) is 5.82 Å². The normalized spacial score (nSPS) is 14.0. The third-order valence-corrected chi connectivity index (χ3v) is 3.59. The predicted octanol–water partition coefficient (Wildman–Crippen LogP) is 3.34. The second kappa shape index (κ2) is 7.94. The van der Waals surface area contributed by atoms with E-state index in [0.29, 0.717) is 11.3 Å². The van der Waals surface area contributed by atoms with Crippen LogP contribution in [0.1, 0.15) is 10.4 Å². The van der Waals surface area contributed by atoms with Gasteiger partial charge in [-0.25, -0.2) is 4.39 Å². The Labute approximate surface area is 140 Å². The molecule has 0 aliphatic carbocycles. The molecule has 0 radical (unpaired) electrons. The lowest BCUT2D eigenvalue weighted by Gasteiger charge is -2.28. The van der Waals surface area contributed by atoms with Gasteiger partial charge in [-0.1, -0.05) is 6.07 Å². The number of carbonyl (C=O) groups excluding carboxylic acids is 1. The third kappa shape index (κ3) is 4.43. The van der Waals surface area contributed by atoms with Crippen LogP contribution in [0.15, 0.2) is 48.5 Å². The molecule has 3 rings (SSSR count). The first kappa shape index (κ1) is 17.2. The smallest absolute Gasteiger partial charge is 0.255 e. The van der Waals surface area contributed by atoms with Gasteiger partial charge in [0, 0.05) is 30.0 Å². The van der Waals surface area contributed by atoms with Gasteiger partial charge in [-0.05, 0) is 42.5 Å². The summed E-state index contributed by atoms with van der Waals surface area (Å²) in [5, 5.41) is 2.77. The largest absolute Gasteiger partial charge is 0.378 e. The van der Waals surface area contributed by atoms with E-state index >= 15 is 0 Å². The summed E-state index contributed by atoms with van der Waals surface area (Å²) in [5.41, 5.74) is 2.09. The van der Waals surface area contributed by atoms with Crippen molar-refractivity contribution in [2.45, 2.75) is 0 Å². The molecule has 1 N–H and O–H groups in total. The van der Waals surface area contributed by atoms with Gasteiger partial charge in [0.2, 0.25) is 0 Å². The Balaban J connectivity index is 0.00000192. The monoisotopic (exact) mass is 336 g/mol. The minimum atomic E-state index is -0.421. The van der Waals surface area contributed by atoms with E-state index in [9.17, 15) is 9.18 Å². The van der Waals surface area contributed by atoms with Gasteiger partial charge in [-0.3, -0.25) is 4.79 Å². The lowest BCUT2D eigenvalue weighted by atomic mass is 10.2. The Morgan fingerprint density at radius 1 is 1.09 bits per heavy atom. The molecule has 4 nitrogen and oxygen atoms in total. The van der Waals surface area contributed by atoms with Crippen LogP contribution in [-0.4, -0.2) is 32.2 Å². The summed E-state index contributed by atoms with van der Waals surface area (Å²) in [6.07, 6.45) is 0. The fourth-order valence-corrected chi connectivity index (χ4v) is 2.41. The molecule has 1 heterocycles. The molecule has 1 fully saturated rings. The lowest BCUT2D eigenvalue weighted by molar-refractivity contribution is 0.102. The Bertz CT molecular complexity index is 658. The average molecular weight is 337 g/mol. The predicted molar refractivity (Wildman–Crippen MR) is 91.1 cm³/mol. The molecule has 1 amide bonds. The van der Waals surface area contributed by atoms with E-state index in [-0.39, 0.29) is 18.3 Å². The van der Waals surface area contributed by atoms with E-state index in [4.69, 9.17) is 4.74 Å². The van der Waals surface area contributed by atoms with Crippen molar-refractivity contribution in [3.8, 4) is 0 Å². The fraction of sp³-hybridized carbons (Fsp3) is 0.235. The molecule has 6 heteroatoms. The van der Waals surface area contributed by atoms with Crippen molar-refractivity contribution in [1.82, 2.24) is 0 Å². The first-order chi connectivity index (χ1) is 10.7. The van der Waals surface area contributed by atoms with Crippen LogP contribution >= 0.6 is 12.4 Å². The summed E-state index contributed by atoms with van der Waals surface area (Å²) >= 11 is 0. The van der Waals surface area contributed by atoms with Gasteiger partial charge in [-0.15, -0.1) is 12.4 Å². The van der Waals surface area contributed by atoms with E-state index in [1.54, 1.807) is 6.07 Å². The fourth-order valence-electron chi connectivity index (χ4n) is 2.41. The molecule has 2 aromatic rings. The number of rotatable bonds is 3. The van der Waals surface area contributed by atoms with E-state index in [1.807, 2.05) is 24.3 Å². The van der Waals surface area contributed by atoms with E-state index < -0.39 is 5.82 Å². The number of ether oxygens (including phenoxy) is 1. The number of benzene rings is 2. The van der Waals surface area contributed by atoms with Gasteiger partial charge in [0.1, 0.15) is 5.82 Å². The molecule has 23 heavy (non-hydrogen) atoms. The number of nitrogens with zero attached hydrogens (tertiary/aromatic N) is 1. The summed E-state index contributed by atoms with van der Waals surface area (Å²) in [6.45, 7) is 3.21. The summed E-state index contributed by atoms with van der Waals surface area (Å²) in [5.74, 6) is -0.742. The minimum Gasteiger partial charge on any atom is -0.378 e. The molecule has 122 valence electrons. The first-order valence-electron chi connectivity index (χ1n) is 7.22. The van der Waals surface area contributed by atoms with Crippen LogP contribution < -0.4 is 10.2 Å². The number of nitrogens with one attached hydrogen (secondary N) is 1. The van der Waals surface area contributed by atoms with Crippen molar-refractivity contribution >= 4 is 29.7 Å². The Hall–Kier alpha value is -2.11. The number of carbonyl (C=O) groups is 1. The maximum absolute atomic E-state index is 13.1. The number of hydrogen-bond donors (Lipinski definition) is 1.